The second kappa shape index (κ2) is 5.11. The summed E-state index contributed by atoms with van der Waals surface area (Å²) in [4.78, 5) is 11.6. The minimum Gasteiger partial charge on any atom is -0.454 e. The van der Waals surface area contributed by atoms with Crippen LogP contribution in [-0.2, 0) is 9.53 Å². The second-order valence-corrected chi connectivity index (χ2v) is 5.25. The molecule has 0 aromatic heterocycles. The number of carbonyl (C=O) groups is 1. The number of esters is 1. The Bertz CT molecular complexity index is 431. The lowest BCUT2D eigenvalue weighted by atomic mass is 9.88. The van der Waals surface area contributed by atoms with Crippen molar-refractivity contribution in [3.05, 3.63) is 35.5 Å². The van der Waals surface area contributed by atoms with Gasteiger partial charge in [-0.2, -0.15) is 0 Å². The minimum absolute atomic E-state index is 0.0427. The Morgan fingerprint density at radius 3 is 2.89 bits per heavy atom. The predicted molar refractivity (Wildman–Crippen MR) is 69.9 cm³/mol. The molecule has 0 unspecified atom stereocenters. The van der Waals surface area contributed by atoms with Crippen molar-refractivity contribution in [2.45, 2.75) is 45.3 Å². The van der Waals surface area contributed by atoms with Crippen molar-refractivity contribution in [2.24, 2.45) is 5.92 Å². The first-order valence-electron chi connectivity index (χ1n) is 6.41. The highest BCUT2D eigenvalue weighted by Gasteiger charge is 2.37. The summed E-state index contributed by atoms with van der Waals surface area (Å²) in [6.07, 6.45) is 5.61. The maximum atomic E-state index is 11.6. The molecule has 3 nitrogen and oxygen atoms in total. The highest BCUT2D eigenvalue weighted by atomic mass is 16.5. The first kappa shape index (κ1) is 13.1. The Balaban J connectivity index is 2.29. The van der Waals surface area contributed by atoms with E-state index in [4.69, 9.17) is 4.74 Å². The van der Waals surface area contributed by atoms with Crippen molar-refractivity contribution in [1.82, 2.24) is 0 Å². The summed E-state index contributed by atoms with van der Waals surface area (Å²) in [5, 5.41) is 9.99. The van der Waals surface area contributed by atoms with Gasteiger partial charge >= 0.3 is 5.97 Å². The van der Waals surface area contributed by atoms with E-state index in [1.54, 1.807) is 0 Å². The van der Waals surface area contributed by atoms with Crippen LogP contribution in [0, 0.1) is 5.92 Å². The first-order chi connectivity index (χ1) is 8.49. The summed E-state index contributed by atoms with van der Waals surface area (Å²) < 4.78 is 5.32. The lowest BCUT2D eigenvalue weighted by Gasteiger charge is -2.19. The van der Waals surface area contributed by atoms with Crippen LogP contribution in [0.15, 0.2) is 35.5 Å². The molecule has 0 radical (unpaired) electrons. The van der Waals surface area contributed by atoms with Gasteiger partial charge in [-0.05, 0) is 44.8 Å². The monoisotopic (exact) mass is 248 g/mol. The van der Waals surface area contributed by atoms with Crippen LogP contribution in [0.5, 0.6) is 0 Å². The number of hydrogen-bond donors (Lipinski definition) is 1. The number of allylic oxidation sites excluding steroid dienone is 1. The molecule has 2 aliphatic rings. The lowest BCUT2D eigenvalue weighted by molar-refractivity contribution is -0.137. The Morgan fingerprint density at radius 2 is 2.17 bits per heavy atom. The zero-order valence-electron chi connectivity index (χ0n) is 11.0. The van der Waals surface area contributed by atoms with Crippen LogP contribution >= 0.6 is 0 Å². The van der Waals surface area contributed by atoms with E-state index < -0.39 is 6.10 Å². The fourth-order valence-corrected chi connectivity index (χ4v) is 2.47. The van der Waals surface area contributed by atoms with Gasteiger partial charge in [0.25, 0.3) is 0 Å². The number of fused-ring (bicyclic) bond motifs is 1. The van der Waals surface area contributed by atoms with Crippen molar-refractivity contribution in [2.75, 3.05) is 0 Å². The van der Waals surface area contributed by atoms with Gasteiger partial charge < -0.3 is 9.84 Å². The number of hydrogen-bond acceptors (Lipinski definition) is 3. The van der Waals surface area contributed by atoms with E-state index in [-0.39, 0.29) is 18.0 Å². The van der Waals surface area contributed by atoms with Crippen LogP contribution in [0.4, 0.5) is 0 Å². The van der Waals surface area contributed by atoms with Gasteiger partial charge in [0.2, 0.25) is 0 Å². The molecule has 2 rings (SSSR count). The third-order valence-electron chi connectivity index (χ3n) is 3.84. The van der Waals surface area contributed by atoms with Crippen LogP contribution in [-0.4, -0.2) is 23.3 Å². The SMILES string of the molecule is C=C1C(=O)O[C@@H]2/C=C(\C)[C@@H](O)C/C=C(\C)CC[C@H]12. The molecule has 0 spiro atoms. The van der Waals surface area contributed by atoms with E-state index in [2.05, 4.69) is 19.6 Å². The Morgan fingerprint density at radius 1 is 1.44 bits per heavy atom. The summed E-state index contributed by atoms with van der Waals surface area (Å²) in [5.74, 6) is -0.259. The molecule has 98 valence electrons. The molecule has 1 aliphatic carbocycles. The third-order valence-corrected chi connectivity index (χ3v) is 3.84. The fourth-order valence-electron chi connectivity index (χ4n) is 2.47. The molecule has 0 aromatic carbocycles. The van der Waals surface area contributed by atoms with E-state index in [1.165, 1.54) is 5.57 Å². The molecule has 3 atom stereocenters. The van der Waals surface area contributed by atoms with Gasteiger partial charge in [-0.15, -0.1) is 0 Å². The number of carbonyl (C=O) groups excluding carboxylic acids is 1. The van der Waals surface area contributed by atoms with Gasteiger partial charge in [0, 0.05) is 11.5 Å². The molecule has 0 aromatic rings. The summed E-state index contributed by atoms with van der Waals surface area (Å²) in [6.45, 7) is 7.76. The van der Waals surface area contributed by atoms with E-state index in [0.717, 1.165) is 18.4 Å². The van der Waals surface area contributed by atoms with Crippen molar-refractivity contribution in [3.8, 4) is 0 Å². The van der Waals surface area contributed by atoms with Gasteiger partial charge in [0.1, 0.15) is 6.10 Å². The van der Waals surface area contributed by atoms with E-state index in [9.17, 15) is 9.90 Å². The van der Waals surface area contributed by atoms with Gasteiger partial charge in [0.05, 0.1) is 6.10 Å². The average Bonchev–Trinajstić information content (AvgIpc) is 2.59. The number of aliphatic hydroxyl groups is 1. The standard InChI is InChI=1S/C15H20O3/c1-9-4-6-12-11(3)15(17)18-14(12)8-10(2)13(16)7-5-9/h5,8,12-14,16H,3-4,6-7H2,1-2H3/b9-5+,10-8+/t12-,13+,14-/m1/s1. The maximum absolute atomic E-state index is 11.6. The van der Waals surface area contributed by atoms with Crippen LogP contribution in [0.25, 0.3) is 0 Å². The van der Waals surface area contributed by atoms with Crippen LogP contribution < -0.4 is 0 Å². The largest absolute Gasteiger partial charge is 0.454 e. The molecule has 18 heavy (non-hydrogen) atoms. The Labute approximate surface area is 108 Å². The number of ether oxygens (including phenoxy) is 1. The molecule has 1 fully saturated rings. The average molecular weight is 248 g/mol. The summed E-state index contributed by atoms with van der Waals surface area (Å²) in [7, 11) is 0. The van der Waals surface area contributed by atoms with Crippen LogP contribution in [0.3, 0.4) is 0 Å². The topological polar surface area (TPSA) is 46.5 Å². The summed E-state index contributed by atoms with van der Waals surface area (Å²) >= 11 is 0. The molecular formula is C15H20O3. The van der Waals surface area contributed by atoms with E-state index >= 15 is 0 Å². The normalized spacial score (nSPS) is 39.2. The van der Waals surface area contributed by atoms with Gasteiger partial charge in [0.15, 0.2) is 0 Å². The highest BCUT2D eigenvalue weighted by molar-refractivity contribution is 5.91. The molecule has 1 aliphatic heterocycles. The van der Waals surface area contributed by atoms with Crippen molar-refractivity contribution >= 4 is 5.97 Å². The maximum Gasteiger partial charge on any atom is 0.334 e. The molecule has 0 bridgehead atoms. The van der Waals surface area contributed by atoms with Gasteiger partial charge in [-0.1, -0.05) is 18.2 Å². The zero-order valence-corrected chi connectivity index (χ0v) is 11.0. The third kappa shape index (κ3) is 2.56. The van der Waals surface area contributed by atoms with Gasteiger partial charge in [-0.25, -0.2) is 4.79 Å². The van der Waals surface area contributed by atoms with Crippen LogP contribution in [0.1, 0.15) is 33.1 Å². The van der Waals surface area contributed by atoms with Crippen molar-refractivity contribution < 1.29 is 14.6 Å². The fraction of sp³-hybridized carbons (Fsp3) is 0.533. The lowest BCUT2D eigenvalue weighted by Crippen LogP contribution is -2.18. The highest BCUT2D eigenvalue weighted by Crippen LogP contribution is 2.34. The quantitative estimate of drug-likeness (QED) is 0.407. The summed E-state index contributed by atoms with van der Waals surface area (Å²) in [6, 6.07) is 0. The Kier molecular flexibility index (Phi) is 3.71. The molecule has 3 heteroatoms. The van der Waals surface area contributed by atoms with Crippen molar-refractivity contribution in [1.29, 1.82) is 0 Å². The Hall–Kier alpha value is -1.35. The van der Waals surface area contributed by atoms with E-state index in [0.29, 0.717) is 12.0 Å². The van der Waals surface area contributed by atoms with E-state index in [1.807, 2.05) is 13.0 Å². The number of aliphatic hydroxyl groups excluding tert-OH is 1. The number of rotatable bonds is 0. The molecular weight excluding hydrogens is 228 g/mol. The first-order valence-corrected chi connectivity index (χ1v) is 6.41. The van der Waals surface area contributed by atoms with Gasteiger partial charge in [-0.3, -0.25) is 0 Å². The smallest absolute Gasteiger partial charge is 0.334 e. The molecule has 1 saturated heterocycles. The molecule has 0 saturated carbocycles. The van der Waals surface area contributed by atoms with Crippen molar-refractivity contribution in [3.63, 3.8) is 0 Å². The molecule has 0 amide bonds. The molecule has 1 heterocycles. The second-order valence-electron chi connectivity index (χ2n) is 5.25. The zero-order chi connectivity index (χ0) is 13.3. The predicted octanol–water partition coefficient (Wildman–Crippen LogP) is 2.52. The molecule has 1 N–H and O–H groups in total. The minimum atomic E-state index is -0.494. The summed E-state index contributed by atoms with van der Waals surface area (Å²) in [5.41, 5.74) is 2.67. The van der Waals surface area contributed by atoms with Crippen LogP contribution in [0.2, 0.25) is 0 Å².